The summed E-state index contributed by atoms with van der Waals surface area (Å²) >= 11 is 0. The van der Waals surface area contributed by atoms with Gasteiger partial charge in [0.2, 0.25) is 5.91 Å². The molecule has 4 rings (SSSR count). The van der Waals surface area contributed by atoms with E-state index in [9.17, 15) is 4.79 Å². The number of piperidine rings is 1. The monoisotopic (exact) mass is 339 g/mol. The predicted molar refractivity (Wildman–Crippen MR) is 95.7 cm³/mol. The van der Waals surface area contributed by atoms with E-state index in [4.69, 9.17) is 4.74 Å². The maximum absolute atomic E-state index is 13.0. The van der Waals surface area contributed by atoms with Crippen molar-refractivity contribution in [1.82, 2.24) is 14.5 Å². The quantitative estimate of drug-likeness (QED) is 0.859. The van der Waals surface area contributed by atoms with Crippen LogP contribution in [0.3, 0.4) is 0 Å². The van der Waals surface area contributed by atoms with Gasteiger partial charge in [0.1, 0.15) is 11.6 Å². The molecule has 2 heterocycles. The van der Waals surface area contributed by atoms with Gasteiger partial charge in [0.05, 0.1) is 13.2 Å². The van der Waals surface area contributed by atoms with Gasteiger partial charge in [-0.25, -0.2) is 4.98 Å². The molecule has 2 aromatic rings. The van der Waals surface area contributed by atoms with E-state index in [1.807, 2.05) is 37.5 Å². The van der Waals surface area contributed by atoms with Gasteiger partial charge < -0.3 is 14.2 Å². The van der Waals surface area contributed by atoms with E-state index in [0.29, 0.717) is 17.9 Å². The molecule has 5 heteroatoms. The first-order chi connectivity index (χ1) is 12.2. The van der Waals surface area contributed by atoms with E-state index in [1.54, 1.807) is 7.11 Å². The number of hydrogen-bond donors (Lipinski definition) is 0. The molecule has 1 saturated heterocycles. The number of carbonyl (C=O) groups excluding carboxylic acids is 1. The minimum Gasteiger partial charge on any atom is -0.496 e. The number of carbonyl (C=O) groups is 1. The zero-order valence-electron chi connectivity index (χ0n) is 14.9. The number of nitrogens with zero attached hydrogens (tertiary/aromatic N) is 3. The van der Waals surface area contributed by atoms with Crippen LogP contribution in [-0.4, -0.2) is 40.6 Å². The number of imidazole rings is 1. The standard InChI is InChI=1S/C20H25N3O2/c1-14-21-9-11-23(14)15-6-5-10-22(13-15)20(24)18-12-17(18)16-7-3-4-8-19(16)25-2/h3-4,7-9,11,15,17-18H,5-6,10,12-13H2,1-2H3/t15-,17-,18+/m0/s1. The summed E-state index contributed by atoms with van der Waals surface area (Å²) < 4.78 is 7.68. The van der Waals surface area contributed by atoms with Gasteiger partial charge in [-0.3, -0.25) is 4.79 Å². The van der Waals surface area contributed by atoms with Gasteiger partial charge >= 0.3 is 0 Å². The Morgan fingerprint density at radius 1 is 1.32 bits per heavy atom. The highest BCUT2D eigenvalue weighted by molar-refractivity contribution is 5.83. The third-order valence-electron chi connectivity index (χ3n) is 5.61. The van der Waals surface area contributed by atoms with Gasteiger partial charge in [-0.15, -0.1) is 0 Å². The SMILES string of the molecule is COc1ccccc1[C@@H]1C[C@H]1C(=O)N1CCC[C@H](n2ccnc2C)C1. The lowest BCUT2D eigenvalue weighted by molar-refractivity contribution is -0.134. The minimum atomic E-state index is 0.110. The first kappa shape index (κ1) is 16.2. The highest BCUT2D eigenvalue weighted by Gasteiger charge is 2.47. The summed E-state index contributed by atoms with van der Waals surface area (Å²) in [4.78, 5) is 19.4. The van der Waals surface area contributed by atoms with E-state index in [0.717, 1.165) is 43.9 Å². The Labute approximate surface area is 148 Å². The van der Waals surface area contributed by atoms with Gasteiger partial charge in [0.15, 0.2) is 0 Å². The van der Waals surface area contributed by atoms with Crippen LogP contribution in [-0.2, 0) is 4.79 Å². The molecule has 132 valence electrons. The van der Waals surface area contributed by atoms with E-state index >= 15 is 0 Å². The number of para-hydroxylation sites is 1. The fourth-order valence-electron chi connectivity index (χ4n) is 4.17. The third-order valence-corrected chi connectivity index (χ3v) is 5.61. The van der Waals surface area contributed by atoms with Crippen LogP contribution in [0.4, 0.5) is 0 Å². The third kappa shape index (κ3) is 3.03. The molecule has 0 bridgehead atoms. The van der Waals surface area contributed by atoms with Crippen LogP contribution in [0.5, 0.6) is 5.75 Å². The molecule has 3 atom stereocenters. The fourth-order valence-corrected chi connectivity index (χ4v) is 4.17. The molecule has 0 spiro atoms. The van der Waals surface area contributed by atoms with Crippen molar-refractivity contribution >= 4 is 5.91 Å². The number of likely N-dealkylation sites (tertiary alicyclic amines) is 1. The summed E-state index contributed by atoms with van der Waals surface area (Å²) in [5.74, 6) is 2.64. The largest absolute Gasteiger partial charge is 0.496 e. The molecular weight excluding hydrogens is 314 g/mol. The average Bonchev–Trinajstić information content (AvgIpc) is 3.34. The van der Waals surface area contributed by atoms with Crippen molar-refractivity contribution < 1.29 is 9.53 Å². The van der Waals surface area contributed by atoms with Gasteiger partial charge in [0, 0.05) is 31.4 Å². The topological polar surface area (TPSA) is 47.4 Å². The lowest BCUT2D eigenvalue weighted by Crippen LogP contribution is -2.41. The minimum absolute atomic E-state index is 0.110. The van der Waals surface area contributed by atoms with Gasteiger partial charge in [0.25, 0.3) is 0 Å². The summed E-state index contributed by atoms with van der Waals surface area (Å²) in [6.45, 7) is 3.70. The van der Waals surface area contributed by atoms with Crippen LogP contribution >= 0.6 is 0 Å². The molecule has 0 N–H and O–H groups in total. The Morgan fingerprint density at radius 3 is 2.92 bits per heavy atom. The smallest absolute Gasteiger partial charge is 0.226 e. The van der Waals surface area contributed by atoms with Crippen LogP contribution in [0.25, 0.3) is 0 Å². The first-order valence-corrected chi connectivity index (χ1v) is 9.10. The number of methoxy groups -OCH3 is 1. The van der Waals surface area contributed by atoms with Crippen molar-refractivity contribution in [1.29, 1.82) is 0 Å². The summed E-state index contributed by atoms with van der Waals surface area (Å²) in [7, 11) is 1.70. The number of benzene rings is 1. The highest BCUT2D eigenvalue weighted by atomic mass is 16.5. The Bertz CT molecular complexity index is 770. The normalized spacial score (nSPS) is 25.7. The molecule has 0 radical (unpaired) electrons. The van der Waals surface area contributed by atoms with Crippen LogP contribution in [0.1, 0.15) is 42.6 Å². The zero-order chi connectivity index (χ0) is 17.4. The van der Waals surface area contributed by atoms with Crippen molar-refractivity contribution in [3.05, 3.63) is 48.0 Å². The van der Waals surface area contributed by atoms with E-state index < -0.39 is 0 Å². The maximum atomic E-state index is 13.0. The zero-order valence-corrected chi connectivity index (χ0v) is 14.9. The Hall–Kier alpha value is -2.30. The molecule has 1 saturated carbocycles. The second-order valence-corrected chi connectivity index (χ2v) is 7.15. The Balaban J connectivity index is 1.44. The molecule has 1 amide bonds. The lowest BCUT2D eigenvalue weighted by Gasteiger charge is -2.34. The average molecular weight is 339 g/mol. The summed E-state index contributed by atoms with van der Waals surface area (Å²) in [5, 5.41) is 0. The summed E-state index contributed by atoms with van der Waals surface area (Å²) in [6, 6.07) is 8.42. The van der Waals surface area contributed by atoms with Crippen molar-refractivity contribution in [3.8, 4) is 5.75 Å². The molecule has 1 aromatic heterocycles. The van der Waals surface area contributed by atoms with Crippen LogP contribution in [0.15, 0.2) is 36.7 Å². The first-order valence-electron chi connectivity index (χ1n) is 9.10. The van der Waals surface area contributed by atoms with Gasteiger partial charge in [-0.05, 0) is 43.7 Å². The van der Waals surface area contributed by atoms with Gasteiger partial charge in [-0.2, -0.15) is 0 Å². The number of hydrogen-bond acceptors (Lipinski definition) is 3. The number of amides is 1. The van der Waals surface area contributed by atoms with Crippen molar-refractivity contribution in [2.24, 2.45) is 5.92 Å². The molecule has 25 heavy (non-hydrogen) atoms. The highest BCUT2D eigenvalue weighted by Crippen LogP contribution is 2.51. The molecule has 1 aliphatic heterocycles. The molecule has 5 nitrogen and oxygen atoms in total. The van der Waals surface area contributed by atoms with Crippen molar-refractivity contribution in [3.63, 3.8) is 0 Å². The number of aromatic nitrogens is 2. The second kappa shape index (κ2) is 6.54. The number of rotatable bonds is 4. The maximum Gasteiger partial charge on any atom is 0.226 e. The fraction of sp³-hybridized carbons (Fsp3) is 0.500. The predicted octanol–water partition coefficient (Wildman–Crippen LogP) is 3.17. The summed E-state index contributed by atoms with van der Waals surface area (Å²) in [6.07, 6.45) is 6.98. The molecule has 0 unspecified atom stereocenters. The van der Waals surface area contributed by atoms with Crippen molar-refractivity contribution in [2.75, 3.05) is 20.2 Å². The molecule has 2 aliphatic rings. The van der Waals surface area contributed by atoms with E-state index in [2.05, 4.69) is 20.5 Å². The molecule has 2 fully saturated rings. The van der Waals surface area contributed by atoms with E-state index in [1.165, 1.54) is 5.56 Å². The number of ether oxygens (including phenoxy) is 1. The van der Waals surface area contributed by atoms with Crippen LogP contribution in [0.2, 0.25) is 0 Å². The Kier molecular flexibility index (Phi) is 4.24. The molecule has 1 aliphatic carbocycles. The second-order valence-electron chi connectivity index (χ2n) is 7.15. The van der Waals surface area contributed by atoms with E-state index in [-0.39, 0.29) is 5.92 Å². The lowest BCUT2D eigenvalue weighted by atomic mass is 10.0. The summed E-state index contributed by atoms with van der Waals surface area (Å²) in [5.41, 5.74) is 1.17. The van der Waals surface area contributed by atoms with Crippen LogP contribution in [0, 0.1) is 12.8 Å². The molecular formula is C20H25N3O2. The Morgan fingerprint density at radius 2 is 2.16 bits per heavy atom. The van der Waals surface area contributed by atoms with Gasteiger partial charge in [-0.1, -0.05) is 18.2 Å². The van der Waals surface area contributed by atoms with Crippen molar-refractivity contribution in [2.45, 2.75) is 38.1 Å². The van der Waals surface area contributed by atoms with Crippen LogP contribution < -0.4 is 4.74 Å². The molecule has 1 aromatic carbocycles. The number of aryl methyl sites for hydroxylation is 1.